The molecule has 126 valence electrons. The number of piperidine rings is 1. The van der Waals surface area contributed by atoms with Gasteiger partial charge in [0, 0.05) is 19.2 Å². The number of hydrogen-bond acceptors (Lipinski definition) is 3. The lowest BCUT2D eigenvalue weighted by atomic mass is 9.95. The lowest BCUT2D eigenvalue weighted by Crippen LogP contribution is -2.44. The van der Waals surface area contributed by atoms with Gasteiger partial charge in [0.25, 0.3) is 5.91 Å². The highest BCUT2D eigenvalue weighted by molar-refractivity contribution is 6.33. The van der Waals surface area contributed by atoms with Crippen LogP contribution in [0.4, 0.5) is 4.39 Å². The van der Waals surface area contributed by atoms with Crippen molar-refractivity contribution in [1.82, 2.24) is 10.2 Å². The largest absolute Gasteiger partial charge is 0.380 e. The number of amides is 1. The smallest absolute Gasteiger partial charge is 0.252 e. The number of nitrogens with zero attached hydrogens (tertiary/aromatic N) is 1. The average Bonchev–Trinajstić information content (AvgIpc) is 3.07. The van der Waals surface area contributed by atoms with Crippen molar-refractivity contribution in [3.63, 3.8) is 0 Å². The first-order valence-corrected chi connectivity index (χ1v) is 8.56. The van der Waals surface area contributed by atoms with Crippen molar-refractivity contribution in [2.75, 3.05) is 32.8 Å². The molecule has 6 heteroatoms. The fourth-order valence-corrected chi connectivity index (χ4v) is 3.59. The summed E-state index contributed by atoms with van der Waals surface area (Å²) in [4.78, 5) is 14.7. The van der Waals surface area contributed by atoms with Crippen LogP contribution in [0.2, 0.25) is 5.02 Å². The Kier molecular flexibility index (Phi) is 5.51. The molecule has 3 rings (SSSR count). The minimum atomic E-state index is -0.435. The molecular weight excluding hydrogens is 319 g/mol. The summed E-state index contributed by atoms with van der Waals surface area (Å²) < 4.78 is 18.5. The summed E-state index contributed by atoms with van der Waals surface area (Å²) in [6.45, 7) is 4.49. The van der Waals surface area contributed by atoms with E-state index in [1.165, 1.54) is 18.2 Å². The van der Waals surface area contributed by atoms with E-state index in [-0.39, 0.29) is 10.9 Å². The molecule has 0 spiro atoms. The minimum Gasteiger partial charge on any atom is -0.380 e. The van der Waals surface area contributed by atoms with Gasteiger partial charge >= 0.3 is 0 Å². The third-order valence-corrected chi connectivity index (χ3v) is 5.11. The maximum atomic E-state index is 13.0. The minimum absolute atomic E-state index is 0.151. The Bertz CT molecular complexity index is 556. The second-order valence-electron chi connectivity index (χ2n) is 6.33. The summed E-state index contributed by atoms with van der Waals surface area (Å²) in [5, 5.41) is 3.08. The van der Waals surface area contributed by atoms with Gasteiger partial charge in [-0.25, -0.2) is 4.39 Å². The van der Waals surface area contributed by atoms with Crippen LogP contribution in [0.5, 0.6) is 0 Å². The van der Waals surface area contributed by atoms with Crippen molar-refractivity contribution in [2.24, 2.45) is 5.92 Å². The molecule has 1 aromatic rings. The third-order valence-electron chi connectivity index (χ3n) is 4.80. The Labute approximate surface area is 140 Å². The molecule has 2 heterocycles. The van der Waals surface area contributed by atoms with E-state index in [4.69, 9.17) is 16.3 Å². The standard InChI is InChI=1S/C17H22ClFN2O2/c18-16-9-13(19)1-2-15(16)17(22)20-10-12-3-6-21(7-4-12)14-5-8-23-11-14/h1-2,9,12,14H,3-8,10-11H2,(H,20,22)/t14-/m1/s1. The topological polar surface area (TPSA) is 41.6 Å². The molecule has 2 aliphatic rings. The van der Waals surface area contributed by atoms with Crippen molar-refractivity contribution >= 4 is 17.5 Å². The molecule has 0 unspecified atom stereocenters. The zero-order chi connectivity index (χ0) is 16.2. The molecule has 0 aromatic heterocycles. The quantitative estimate of drug-likeness (QED) is 0.916. The molecule has 2 saturated heterocycles. The van der Waals surface area contributed by atoms with Crippen LogP contribution in [0, 0.1) is 11.7 Å². The van der Waals surface area contributed by atoms with E-state index < -0.39 is 5.82 Å². The van der Waals surface area contributed by atoms with Gasteiger partial charge in [0.05, 0.1) is 17.2 Å². The highest BCUT2D eigenvalue weighted by Gasteiger charge is 2.27. The zero-order valence-electron chi connectivity index (χ0n) is 13.1. The van der Waals surface area contributed by atoms with E-state index >= 15 is 0 Å². The van der Waals surface area contributed by atoms with Gasteiger partial charge < -0.3 is 10.1 Å². The molecule has 4 nitrogen and oxygen atoms in total. The van der Waals surface area contributed by atoms with Crippen LogP contribution in [0.15, 0.2) is 18.2 Å². The fraction of sp³-hybridized carbons (Fsp3) is 0.588. The first-order valence-electron chi connectivity index (χ1n) is 8.18. The summed E-state index contributed by atoms with van der Waals surface area (Å²) in [6, 6.07) is 4.42. The van der Waals surface area contributed by atoms with E-state index in [0.29, 0.717) is 24.1 Å². The molecule has 0 bridgehead atoms. The van der Waals surface area contributed by atoms with Gasteiger partial charge in [-0.2, -0.15) is 0 Å². The Balaban J connectivity index is 1.45. The van der Waals surface area contributed by atoms with Crippen molar-refractivity contribution in [3.05, 3.63) is 34.6 Å². The zero-order valence-corrected chi connectivity index (χ0v) is 13.8. The van der Waals surface area contributed by atoms with E-state index in [1.54, 1.807) is 0 Å². The number of hydrogen-bond donors (Lipinski definition) is 1. The Morgan fingerprint density at radius 1 is 1.35 bits per heavy atom. The Hall–Kier alpha value is -1.17. The summed E-state index contributed by atoms with van der Waals surface area (Å²) in [7, 11) is 0. The van der Waals surface area contributed by atoms with Crippen LogP contribution in [0.3, 0.4) is 0 Å². The molecule has 1 amide bonds. The maximum Gasteiger partial charge on any atom is 0.252 e. The molecule has 2 fully saturated rings. The van der Waals surface area contributed by atoms with Gasteiger partial charge in [-0.15, -0.1) is 0 Å². The maximum absolute atomic E-state index is 13.0. The van der Waals surface area contributed by atoms with E-state index in [1.807, 2.05) is 0 Å². The van der Waals surface area contributed by atoms with Gasteiger partial charge in [0.1, 0.15) is 5.82 Å². The van der Waals surface area contributed by atoms with Gasteiger partial charge in [-0.1, -0.05) is 11.6 Å². The van der Waals surface area contributed by atoms with Crippen LogP contribution in [0.25, 0.3) is 0 Å². The summed E-state index contributed by atoms with van der Waals surface area (Å²) >= 11 is 5.92. The third kappa shape index (κ3) is 4.22. The number of carbonyl (C=O) groups excluding carboxylic acids is 1. The number of likely N-dealkylation sites (tertiary alicyclic amines) is 1. The van der Waals surface area contributed by atoms with Crippen LogP contribution in [0.1, 0.15) is 29.6 Å². The monoisotopic (exact) mass is 340 g/mol. The number of ether oxygens (including phenoxy) is 1. The van der Waals surface area contributed by atoms with Gasteiger partial charge in [0.15, 0.2) is 0 Å². The van der Waals surface area contributed by atoms with Crippen LogP contribution in [-0.2, 0) is 4.74 Å². The van der Waals surface area contributed by atoms with Gasteiger partial charge in [-0.05, 0) is 56.5 Å². The first-order chi connectivity index (χ1) is 11.1. The number of benzene rings is 1. The van der Waals surface area contributed by atoms with E-state index in [0.717, 1.165) is 45.6 Å². The van der Waals surface area contributed by atoms with Crippen LogP contribution >= 0.6 is 11.6 Å². The molecular formula is C17H22ClFN2O2. The molecule has 0 radical (unpaired) electrons. The highest BCUT2D eigenvalue weighted by Crippen LogP contribution is 2.22. The average molecular weight is 341 g/mol. The molecule has 23 heavy (non-hydrogen) atoms. The number of carbonyl (C=O) groups is 1. The number of halogens is 2. The SMILES string of the molecule is O=C(NCC1CCN([C@@H]2CCOC2)CC1)c1ccc(F)cc1Cl. The molecule has 1 atom stereocenters. The highest BCUT2D eigenvalue weighted by atomic mass is 35.5. The van der Waals surface area contributed by atoms with Crippen molar-refractivity contribution in [2.45, 2.75) is 25.3 Å². The molecule has 1 N–H and O–H groups in total. The van der Waals surface area contributed by atoms with Crippen molar-refractivity contribution < 1.29 is 13.9 Å². The molecule has 0 saturated carbocycles. The van der Waals surface area contributed by atoms with E-state index in [2.05, 4.69) is 10.2 Å². The van der Waals surface area contributed by atoms with Crippen LogP contribution < -0.4 is 5.32 Å². The first kappa shape index (κ1) is 16.7. The van der Waals surface area contributed by atoms with Gasteiger partial charge in [0.2, 0.25) is 0 Å². The normalized spacial score (nSPS) is 23.1. The number of nitrogens with one attached hydrogen (secondary N) is 1. The summed E-state index contributed by atoms with van der Waals surface area (Å²) in [5.74, 6) is -0.187. The van der Waals surface area contributed by atoms with Crippen LogP contribution in [-0.4, -0.2) is 49.7 Å². The van der Waals surface area contributed by atoms with Crippen molar-refractivity contribution in [1.29, 1.82) is 0 Å². The molecule has 1 aromatic carbocycles. The second-order valence-corrected chi connectivity index (χ2v) is 6.74. The van der Waals surface area contributed by atoms with Gasteiger partial charge in [-0.3, -0.25) is 9.69 Å². The number of rotatable bonds is 4. The predicted octanol–water partition coefficient (Wildman–Crippen LogP) is 2.71. The lowest BCUT2D eigenvalue weighted by Gasteiger charge is -2.35. The van der Waals surface area contributed by atoms with E-state index in [9.17, 15) is 9.18 Å². The Morgan fingerprint density at radius 3 is 2.78 bits per heavy atom. The summed E-state index contributed by atoms with van der Waals surface area (Å²) in [6.07, 6.45) is 3.28. The van der Waals surface area contributed by atoms with Crippen molar-refractivity contribution in [3.8, 4) is 0 Å². The summed E-state index contributed by atoms with van der Waals surface area (Å²) in [5.41, 5.74) is 0.327. The predicted molar refractivity (Wildman–Crippen MR) is 87.3 cm³/mol. The Morgan fingerprint density at radius 2 is 2.13 bits per heavy atom. The molecule has 0 aliphatic carbocycles. The fourth-order valence-electron chi connectivity index (χ4n) is 3.34. The second kappa shape index (κ2) is 7.60. The molecule has 2 aliphatic heterocycles. The lowest BCUT2D eigenvalue weighted by molar-refractivity contribution is 0.0911.